The Morgan fingerprint density at radius 2 is 2.25 bits per heavy atom. The van der Waals surface area contributed by atoms with E-state index in [1.165, 1.54) is 0 Å². The summed E-state index contributed by atoms with van der Waals surface area (Å²) in [5, 5.41) is 12.4. The first-order valence-corrected chi connectivity index (χ1v) is 4.16. The Kier molecular flexibility index (Phi) is 2.24. The van der Waals surface area contributed by atoms with Gasteiger partial charge < -0.3 is 10.4 Å². The monoisotopic (exact) mass is 169 g/mol. The minimum absolute atomic E-state index is 0.105. The molecule has 1 atom stereocenters. The van der Waals surface area contributed by atoms with Crippen molar-refractivity contribution < 1.29 is 9.90 Å². The van der Waals surface area contributed by atoms with Crippen molar-refractivity contribution in [3.05, 3.63) is 11.8 Å². The van der Waals surface area contributed by atoms with Crippen LogP contribution < -0.4 is 5.32 Å². The van der Waals surface area contributed by atoms with Crippen LogP contribution in [0.15, 0.2) is 11.8 Å². The lowest BCUT2D eigenvalue weighted by Gasteiger charge is -2.16. The molecule has 0 aliphatic carbocycles. The van der Waals surface area contributed by atoms with Crippen molar-refractivity contribution in [2.75, 3.05) is 0 Å². The van der Waals surface area contributed by atoms with Gasteiger partial charge in [0.2, 0.25) is 5.91 Å². The minimum atomic E-state index is -0.985. The number of hydrogen-bond donors (Lipinski definition) is 2. The van der Waals surface area contributed by atoms with E-state index in [0.29, 0.717) is 11.6 Å². The third kappa shape index (κ3) is 1.85. The van der Waals surface area contributed by atoms with E-state index in [4.69, 9.17) is 0 Å². The summed E-state index contributed by atoms with van der Waals surface area (Å²) in [6.07, 6.45) is 2.05. The molecule has 1 saturated heterocycles. The number of amides is 1. The van der Waals surface area contributed by atoms with Gasteiger partial charge in [-0.3, -0.25) is 4.79 Å². The summed E-state index contributed by atoms with van der Waals surface area (Å²) in [6, 6.07) is 0. The van der Waals surface area contributed by atoms with Crippen LogP contribution in [0.5, 0.6) is 0 Å². The smallest absolute Gasteiger partial charge is 0.227 e. The Morgan fingerprint density at radius 1 is 1.67 bits per heavy atom. The zero-order valence-electron chi connectivity index (χ0n) is 7.72. The van der Waals surface area contributed by atoms with Gasteiger partial charge in [-0.05, 0) is 12.8 Å². The molecular formula is C9H15NO2. The Balaban J connectivity index is 2.85. The SMILES string of the molecule is CC(C)/C=C1\NC(=O)C[C@@]1(C)O. The van der Waals surface area contributed by atoms with E-state index < -0.39 is 5.60 Å². The predicted octanol–water partition coefficient (Wildman–Crippen LogP) is 0.797. The number of hydrogen-bond acceptors (Lipinski definition) is 2. The molecule has 1 aliphatic heterocycles. The first-order chi connectivity index (χ1) is 5.42. The summed E-state index contributed by atoms with van der Waals surface area (Å²) in [5.74, 6) is 0.233. The molecule has 1 fully saturated rings. The largest absolute Gasteiger partial charge is 0.383 e. The number of nitrogens with one attached hydrogen (secondary N) is 1. The minimum Gasteiger partial charge on any atom is -0.383 e. The fraction of sp³-hybridized carbons (Fsp3) is 0.667. The number of allylic oxidation sites excluding steroid dienone is 1. The van der Waals surface area contributed by atoms with E-state index in [9.17, 15) is 9.90 Å². The third-order valence-electron chi connectivity index (χ3n) is 1.86. The number of carbonyl (C=O) groups is 1. The van der Waals surface area contributed by atoms with Crippen LogP contribution in [0.1, 0.15) is 27.2 Å². The maximum atomic E-state index is 10.9. The second-order valence-electron chi connectivity index (χ2n) is 3.82. The van der Waals surface area contributed by atoms with E-state index in [-0.39, 0.29) is 12.3 Å². The van der Waals surface area contributed by atoms with Crippen LogP contribution in [0, 0.1) is 5.92 Å². The Morgan fingerprint density at radius 3 is 2.58 bits per heavy atom. The fourth-order valence-corrected chi connectivity index (χ4v) is 1.29. The number of rotatable bonds is 1. The molecule has 0 spiro atoms. The predicted molar refractivity (Wildman–Crippen MR) is 46.3 cm³/mol. The van der Waals surface area contributed by atoms with Gasteiger partial charge in [0, 0.05) is 5.70 Å². The van der Waals surface area contributed by atoms with Crippen LogP contribution in [-0.4, -0.2) is 16.6 Å². The highest BCUT2D eigenvalue weighted by Crippen LogP contribution is 2.25. The molecule has 68 valence electrons. The lowest BCUT2D eigenvalue weighted by molar-refractivity contribution is -0.120. The summed E-state index contributed by atoms with van der Waals surface area (Å²) in [7, 11) is 0. The lowest BCUT2D eigenvalue weighted by Crippen LogP contribution is -2.24. The molecule has 1 heterocycles. The Bertz CT molecular complexity index is 229. The molecule has 0 bridgehead atoms. The van der Waals surface area contributed by atoms with Crippen LogP contribution in [0.2, 0.25) is 0 Å². The van der Waals surface area contributed by atoms with Gasteiger partial charge in [0.15, 0.2) is 0 Å². The topological polar surface area (TPSA) is 49.3 Å². The van der Waals surface area contributed by atoms with E-state index in [1.54, 1.807) is 6.92 Å². The highest BCUT2D eigenvalue weighted by molar-refractivity contribution is 5.83. The van der Waals surface area contributed by atoms with Crippen molar-refractivity contribution in [3.8, 4) is 0 Å². The fourth-order valence-electron chi connectivity index (χ4n) is 1.29. The molecule has 3 nitrogen and oxygen atoms in total. The Labute approximate surface area is 72.5 Å². The van der Waals surface area contributed by atoms with Crippen molar-refractivity contribution >= 4 is 5.91 Å². The van der Waals surface area contributed by atoms with Gasteiger partial charge in [0.1, 0.15) is 5.60 Å². The van der Waals surface area contributed by atoms with Crippen molar-refractivity contribution in [1.29, 1.82) is 0 Å². The van der Waals surface area contributed by atoms with Gasteiger partial charge in [-0.2, -0.15) is 0 Å². The van der Waals surface area contributed by atoms with E-state index in [2.05, 4.69) is 5.32 Å². The molecule has 1 rings (SSSR count). The zero-order chi connectivity index (χ0) is 9.35. The molecule has 12 heavy (non-hydrogen) atoms. The lowest BCUT2D eigenvalue weighted by atomic mass is 10.00. The summed E-state index contributed by atoms with van der Waals surface area (Å²) >= 11 is 0. The van der Waals surface area contributed by atoms with Gasteiger partial charge >= 0.3 is 0 Å². The van der Waals surface area contributed by atoms with E-state index in [0.717, 1.165) is 0 Å². The van der Waals surface area contributed by atoms with Gasteiger partial charge in [0.25, 0.3) is 0 Å². The molecule has 0 radical (unpaired) electrons. The van der Waals surface area contributed by atoms with Crippen molar-refractivity contribution in [3.63, 3.8) is 0 Å². The molecule has 0 unspecified atom stereocenters. The molecule has 0 aromatic heterocycles. The molecule has 3 heteroatoms. The molecule has 1 aliphatic rings. The van der Waals surface area contributed by atoms with Gasteiger partial charge in [0.05, 0.1) is 6.42 Å². The van der Waals surface area contributed by atoms with Gasteiger partial charge in [-0.1, -0.05) is 19.9 Å². The molecule has 2 N–H and O–H groups in total. The first-order valence-electron chi connectivity index (χ1n) is 4.16. The average Bonchev–Trinajstić information content (AvgIpc) is 2.04. The van der Waals surface area contributed by atoms with Crippen LogP contribution in [0.3, 0.4) is 0 Å². The molecular weight excluding hydrogens is 154 g/mol. The zero-order valence-corrected chi connectivity index (χ0v) is 7.72. The van der Waals surface area contributed by atoms with Crippen molar-refractivity contribution in [1.82, 2.24) is 5.32 Å². The van der Waals surface area contributed by atoms with E-state index in [1.807, 2.05) is 19.9 Å². The quantitative estimate of drug-likeness (QED) is 0.610. The highest BCUT2D eigenvalue weighted by atomic mass is 16.3. The van der Waals surface area contributed by atoms with Gasteiger partial charge in [-0.15, -0.1) is 0 Å². The summed E-state index contributed by atoms with van der Waals surface area (Å²) in [5.41, 5.74) is -0.344. The molecule has 1 amide bonds. The first kappa shape index (κ1) is 9.26. The molecule has 0 aromatic carbocycles. The van der Waals surface area contributed by atoms with Crippen LogP contribution in [0.4, 0.5) is 0 Å². The van der Waals surface area contributed by atoms with Crippen LogP contribution >= 0.6 is 0 Å². The van der Waals surface area contributed by atoms with Crippen molar-refractivity contribution in [2.45, 2.75) is 32.8 Å². The summed E-state index contributed by atoms with van der Waals surface area (Å²) in [4.78, 5) is 10.9. The van der Waals surface area contributed by atoms with Crippen molar-refractivity contribution in [2.24, 2.45) is 5.92 Å². The van der Waals surface area contributed by atoms with Gasteiger partial charge in [-0.25, -0.2) is 0 Å². The van der Waals surface area contributed by atoms with Crippen LogP contribution in [0.25, 0.3) is 0 Å². The second-order valence-corrected chi connectivity index (χ2v) is 3.82. The van der Waals surface area contributed by atoms with Crippen LogP contribution in [-0.2, 0) is 4.79 Å². The summed E-state index contributed by atoms with van der Waals surface area (Å²) < 4.78 is 0. The highest BCUT2D eigenvalue weighted by Gasteiger charge is 2.36. The third-order valence-corrected chi connectivity index (χ3v) is 1.86. The normalized spacial score (nSPS) is 33.1. The molecule has 0 aromatic rings. The second kappa shape index (κ2) is 2.90. The Hall–Kier alpha value is -0.830. The molecule has 0 saturated carbocycles. The number of aliphatic hydroxyl groups is 1. The average molecular weight is 169 g/mol. The maximum Gasteiger partial charge on any atom is 0.227 e. The summed E-state index contributed by atoms with van der Waals surface area (Å²) in [6.45, 7) is 5.67. The standard InChI is InChI=1S/C9H15NO2/c1-6(2)4-7-9(3,12)5-8(11)10-7/h4,6,12H,5H2,1-3H3,(H,10,11)/b7-4-/t9-/m1/s1. The maximum absolute atomic E-state index is 10.9. The number of carbonyl (C=O) groups excluding carboxylic acids is 1. The van der Waals surface area contributed by atoms with E-state index >= 15 is 0 Å².